The third-order valence-corrected chi connectivity index (χ3v) is 5.60. The molecule has 3 nitrogen and oxygen atoms in total. The number of aliphatic hydroxyl groups excluding tert-OH is 1. The van der Waals surface area contributed by atoms with Crippen LogP contribution in [0.4, 0.5) is 0 Å². The number of hydrogen-bond donors (Lipinski definition) is 2. The van der Waals surface area contributed by atoms with Crippen LogP contribution in [-0.4, -0.2) is 16.2 Å². The van der Waals surface area contributed by atoms with Crippen molar-refractivity contribution in [2.75, 3.05) is 0 Å². The zero-order chi connectivity index (χ0) is 16.5. The number of aryl methyl sites for hydroxylation is 1. The maximum absolute atomic E-state index is 10.3. The van der Waals surface area contributed by atoms with Crippen LogP contribution in [0.5, 0.6) is 0 Å². The summed E-state index contributed by atoms with van der Waals surface area (Å²) in [5.41, 5.74) is 4.87. The van der Waals surface area contributed by atoms with Crippen LogP contribution >= 0.6 is 11.3 Å². The molecule has 3 aromatic rings. The molecule has 0 unspecified atom stereocenters. The third-order valence-electron chi connectivity index (χ3n) is 4.55. The first-order valence-electron chi connectivity index (χ1n) is 8.22. The van der Waals surface area contributed by atoms with Crippen LogP contribution in [0.1, 0.15) is 27.6 Å². The van der Waals surface area contributed by atoms with Gasteiger partial charge in [-0.2, -0.15) is 0 Å². The molecule has 2 N–H and O–H groups in total. The molecule has 0 saturated carbocycles. The molecular formula is C20H20N2OS. The van der Waals surface area contributed by atoms with Gasteiger partial charge >= 0.3 is 0 Å². The summed E-state index contributed by atoms with van der Waals surface area (Å²) in [6.07, 6.45) is 2.30. The molecule has 0 fully saturated rings. The van der Waals surface area contributed by atoms with E-state index < -0.39 is 0 Å². The second kappa shape index (κ2) is 6.48. The van der Waals surface area contributed by atoms with Crippen molar-refractivity contribution in [1.29, 1.82) is 0 Å². The van der Waals surface area contributed by atoms with E-state index in [1.807, 2.05) is 18.3 Å². The van der Waals surface area contributed by atoms with E-state index in [0.29, 0.717) is 0 Å². The monoisotopic (exact) mass is 336 g/mol. The molecule has 2 aromatic carbocycles. The lowest BCUT2D eigenvalue weighted by Crippen LogP contribution is -2.28. The molecule has 4 heteroatoms. The molecule has 4 rings (SSSR count). The van der Waals surface area contributed by atoms with E-state index in [2.05, 4.69) is 53.6 Å². The molecule has 2 atom stereocenters. The highest BCUT2D eigenvalue weighted by atomic mass is 32.1. The van der Waals surface area contributed by atoms with E-state index in [1.54, 1.807) is 11.3 Å². The summed E-state index contributed by atoms with van der Waals surface area (Å²) in [7, 11) is 0. The van der Waals surface area contributed by atoms with Gasteiger partial charge in [0.15, 0.2) is 0 Å². The Labute approximate surface area is 146 Å². The molecule has 1 aliphatic carbocycles. The number of hydrogen-bond acceptors (Lipinski definition) is 4. The van der Waals surface area contributed by atoms with E-state index >= 15 is 0 Å². The van der Waals surface area contributed by atoms with Gasteiger partial charge in [0.1, 0.15) is 5.01 Å². The Morgan fingerprint density at radius 3 is 2.79 bits per heavy atom. The first-order valence-corrected chi connectivity index (χ1v) is 9.03. The number of thiazole rings is 1. The topological polar surface area (TPSA) is 45.2 Å². The highest BCUT2D eigenvalue weighted by molar-refractivity contribution is 7.15. The van der Waals surface area contributed by atoms with Crippen LogP contribution < -0.4 is 5.32 Å². The molecule has 1 aromatic heterocycles. The van der Waals surface area contributed by atoms with Crippen molar-refractivity contribution < 1.29 is 5.11 Å². The molecule has 0 radical (unpaired) electrons. The molecule has 0 saturated heterocycles. The summed E-state index contributed by atoms with van der Waals surface area (Å²) in [4.78, 5) is 5.72. The lowest BCUT2D eigenvalue weighted by Gasteiger charge is -2.17. The predicted molar refractivity (Wildman–Crippen MR) is 98.0 cm³/mol. The van der Waals surface area contributed by atoms with Crippen molar-refractivity contribution in [3.05, 3.63) is 76.3 Å². The van der Waals surface area contributed by atoms with E-state index in [1.165, 1.54) is 21.6 Å². The summed E-state index contributed by atoms with van der Waals surface area (Å²) in [6.45, 7) is 2.81. The maximum atomic E-state index is 10.3. The van der Waals surface area contributed by atoms with Gasteiger partial charge in [0.2, 0.25) is 0 Å². The van der Waals surface area contributed by atoms with E-state index in [0.717, 1.165) is 23.5 Å². The van der Waals surface area contributed by atoms with Gasteiger partial charge in [0.25, 0.3) is 0 Å². The van der Waals surface area contributed by atoms with Crippen molar-refractivity contribution in [3.8, 4) is 10.6 Å². The average Bonchev–Trinajstić information content (AvgIpc) is 3.17. The summed E-state index contributed by atoms with van der Waals surface area (Å²) in [5, 5.41) is 14.9. The molecule has 1 aliphatic rings. The minimum atomic E-state index is -0.355. The fraction of sp³-hybridized carbons (Fsp3) is 0.250. The number of nitrogens with one attached hydrogen (secondary N) is 1. The number of rotatable bonds is 4. The maximum Gasteiger partial charge on any atom is 0.123 e. The molecular weight excluding hydrogens is 316 g/mol. The Bertz CT molecular complexity index is 841. The smallest absolute Gasteiger partial charge is 0.123 e. The Morgan fingerprint density at radius 2 is 1.96 bits per heavy atom. The zero-order valence-electron chi connectivity index (χ0n) is 13.6. The minimum Gasteiger partial charge on any atom is -0.391 e. The summed E-state index contributed by atoms with van der Waals surface area (Å²) in [5.74, 6) is 0. The predicted octanol–water partition coefficient (Wildman–Crippen LogP) is 3.87. The second-order valence-electron chi connectivity index (χ2n) is 6.33. The van der Waals surface area contributed by atoms with Crippen LogP contribution in [-0.2, 0) is 13.0 Å². The number of aromatic nitrogens is 1. The lowest BCUT2D eigenvalue weighted by molar-refractivity contribution is 0.141. The zero-order valence-corrected chi connectivity index (χ0v) is 14.4. The van der Waals surface area contributed by atoms with Gasteiger partial charge in [-0.15, -0.1) is 11.3 Å². The molecule has 0 spiro atoms. The van der Waals surface area contributed by atoms with Crippen molar-refractivity contribution in [3.63, 3.8) is 0 Å². The Hall–Kier alpha value is -2.01. The van der Waals surface area contributed by atoms with Gasteiger partial charge in [0.05, 0.1) is 12.1 Å². The molecule has 0 bridgehead atoms. The highest BCUT2D eigenvalue weighted by Gasteiger charge is 2.30. The quantitative estimate of drug-likeness (QED) is 0.760. The van der Waals surface area contributed by atoms with E-state index in [9.17, 15) is 5.11 Å². The Morgan fingerprint density at radius 1 is 1.17 bits per heavy atom. The summed E-state index contributed by atoms with van der Waals surface area (Å²) >= 11 is 1.70. The van der Waals surface area contributed by atoms with Crippen LogP contribution in [0.2, 0.25) is 0 Å². The van der Waals surface area contributed by atoms with Crippen molar-refractivity contribution in [2.45, 2.75) is 32.0 Å². The van der Waals surface area contributed by atoms with Gasteiger partial charge in [-0.25, -0.2) is 4.98 Å². The first-order chi connectivity index (χ1) is 11.7. The molecule has 0 aliphatic heterocycles. The molecule has 122 valence electrons. The number of fused-ring (bicyclic) bond motifs is 1. The van der Waals surface area contributed by atoms with Crippen LogP contribution in [0.25, 0.3) is 10.6 Å². The average molecular weight is 336 g/mol. The normalized spacial score (nSPS) is 19.4. The summed E-state index contributed by atoms with van der Waals surface area (Å²) < 4.78 is 0. The van der Waals surface area contributed by atoms with E-state index in [4.69, 9.17) is 0 Å². The lowest BCUT2D eigenvalue weighted by atomic mass is 10.1. The van der Waals surface area contributed by atoms with Gasteiger partial charge < -0.3 is 10.4 Å². The van der Waals surface area contributed by atoms with Crippen LogP contribution in [0, 0.1) is 6.92 Å². The number of benzene rings is 2. The van der Waals surface area contributed by atoms with E-state index in [-0.39, 0.29) is 12.1 Å². The van der Waals surface area contributed by atoms with Gasteiger partial charge in [-0.3, -0.25) is 0 Å². The molecule has 0 amide bonds. The van der Waals surface area contributed by atoms with Gasteiger partial charge in [-0.05, 0) is 18.1 Å². The first kappa shape index (κ1) is 15.5. The molecule has 24 heavy (non-hydrogen) atoms. The number of aliphatic hydroxyl groups is 1. The summed E-state index contributed by atoms with van der Waals surface area (Å²) in [6, 6.07) is 16.7. The third kappa shape index (κ3) is 3.00. The second-order valence-corrected chi connectivity index (χ2v) is 7.44. The van der Waals surface area contributed by atoms with Crippen LogP contribution in [0.15, 0.2) is 54.7 Å². The standard InChI is InChI=1S/C20H20N2OS/c1-13-6-8-14(9-7-13)20-22-12-16(24-20)11-21-19-17-5-3-2-4-15(17)10-18(19)23/h2-9,12,18-19,21,23H,10-11H2,1H3/t18-,19-/m1/s1. The molecule has 1 heterocycles. The highest BCUT2D eigenvalue weighted by Crippen LogP contribution is 2.32. The van der Waals surface area contributed by atoms with Crippen molar-refractivity contribution in [1.82, 2.24) is 10.3 Å². The SMILES string of the molecule is Cc1ccc(-c2ncc(CN[C@@H]3c4ccccc4C[C@H]3O)s2)cc1. The van der Waals surface area contributed by atoms with Gasteiger partial charge in [0, 0.05) is 29.6 Å². The van der Waals surface area contributed by atoms with Crippen molar-refractivity contribution in [2.24, 2.45) is 0 Å². The largest absolute Gasteiger partial charge is 0.391 e. The Kier molecular flexibility index (Phi) is 4.19. The minimum absolute atomic E-state index is 0.00567. The fourth-order valence-electron chi connectivity index (χ4n) is 3.25. The van der Waals surface area contributed by atoms with Crippen molar-refractivity contribution >= 4 is 11.3 Å². The number of nitrogens with zero attached hydrogens (tertiary/aromatic N) is 1. The van der Waals surface area contributed by atoms with Gasteiger partial charge in [-0.1, -0.05) is 54.1 Å². The fourth-order valence-corrected chi connectivity index (χ4v) is 4.12. The van der Waals surface area contributed by atoms with Crippen LogP contribution in [0.3, 0.4) is 0 Å². The Balaban J connectivity index is 1.46.